The molecule has 0 aliphatic rings. The van der Waals surface area contributed by atoms with E-state index in [2.05, 4.69) is 211 Å². The molecule has 9 aromatic rings. The van der Waals surface area contributed by atoms with Gasteiger partial charge in [0.25, 0.3) is 0 Å². The Kier molecular flexibility index (Phi) is 8.99. The van der Waals surface area contributed by atoms with E-state index in [4.69, 9.17) is 0 Å². The van der Waals surface area contributed by atoms with Gasteiger partial charge in [-0.15, -0.1) is 0 Å². The second kappa shape index (κ2) is 14.8. The molecule has 2 nitrogen and oxygen atoms in total. The van der Waals surface area contributed by atoms with E-state index in [1.807, 2.05) is 18.2 Å². The molecule has 0 aliphatic carbocycles. The average Bonchev–Trinajstić information content (AvgIpc) is 3.25. The molecular formula is C52H38N2. The van der Waals surface area contributed by atoms with Gasteiger partial charge in [-0.1, -0.05) is 158 Å². The van der Waals surface area contributed by atoms with Crippen molar-refractivity contribution < 1.29 is 0 Å². The van der Waals surface area contributed by atoms with Crippen molar-refractivity contribution in [3.8, 4) is 55.6 Å². The van der Waals surface area contributed by atoms with E-state index < -0.39 is 0 Å². The number of hydrogen-bond donors (Lipinski definition) is 2. The molecule has 0 aliphatic heterocycles. The summed E-state index contributed by atoms with van der Waals surface area (Å²) in [6.45, 7) is 0. The SMILES string of the molecule is c1ccc(Nc2ccc(-c3ccc(-c4cccc(-c5ccccc5-c5cccc(Nc6ccc(-c7ccc8ccccc8c7)cc6)c5)c4)cc3)cc2)cc1. The molecule has 0 saturated heterocycles. The van der Waals surface area contributed by atoms with Crippen LogP contribution in [0.1, 0.15) is 0 Å². The first-order valence-electron chi connectivity index (χ1n) is 18.4. The van der Waals surface area contributed by atoms with E-state index in [-0.39, 0.29) is 0 Å². The molecule has 9 rings (SSSR count). The topological polar surface area (TPSA) is 24.1 Å². The van der Waals surface area contributed by atoms with Gasteiger partial charge in [-0.05, 0) is 127 Å². The van der Waals surface area contributed by atoms with Crippen molar-refractivity contribution in [3.05, 3.63) is 218 Å². The number of benzene rings is 9. The molecule has 0 fully saturated rings. The summed E-state index contributed by atoms with van der Waals surface area (Å²) in [5.41, 5.74) is 16.2. The van der Waals surface area contributed by atoms with Gasteiger partial charge >= 0.3 is 0 Å². The Hall–Kier alpha value is -7.16. The van der Waals surface area contributed by atoms with Crippen LogP contribution in [0, 0.1) is 0 Å². The van der Waals surface area contributed by atoms with Crippen molar-refractivity contribution in [2.24, 2.45) is 0 Å². The van der Waals surface area contributed by atoms with Crippen molar-refractivity contribution in [1.29, 1.82) is 0 Å². The maximum atomic E-state index is 3.64. The largest absolute Gasteiger partial charge is 0.356 e. The molecule has 54 heavy (non-hydrogen) atoms. The first-order valence-corrected chi connectivity index (χ1v) is 18.4. The summed E-state index contributed by atoms with van der Waals surface area (Å²) < 4.78 is 0. The van der Waals surface area contributed by atoms with E-state index in [9.17, 15) is 0 Å². The molecule has 256 valence electrons. The smallest absolute Gasteiger partial charge is 0.0390 e. The summed E-state index contributed by atoms with van der Waals surface area (Å²) in [5.74, 6) is 0. The van der Waals surface area contributed by atoms with E-state index in [0.29, 0.717) is 0 Å². The Bertz CT molecular complexity index is 2680. The van der Waals surface area contributed by atoms with Crippen LogP contribution < -0.4 is 10.6 Å². The summed E-state index contributed by atoms with van der Waals surface area (Å²) in [7, 11) is 0. The number of anilines is 4. The van der Waals surface area contributed by atoms with Crippen molar-refractivity contribution >= 4 is 33.5 Å². The van der Waals surface area contributed by atoms with Crippen LogP contribution >= 0.6 is 0 Å². The van der Waals surface area contributed by atoms with Crippen LogP contribution in [0.3, 0.4) is 0 Å². The zero-order valence-electron chi connectivity index (χ0n) is 29.8. The van der Waals surface area contributed by atoms with Crippen LogP contribution in [-0.2, 0) is 0 Å². The summed E-state index contributed by atoms with van der Waals surface area (Å²) in [5, 5.41) is 9.62. The Balaban J connectivity index is 0.919. The predicted octanol–water partition coefficient (Wildman–Crippen LogP) is 14.7. The summed E-state index contributed by atoms with van der Waals surface area (Å²) in [4.78, 5) is 0. The number of nitrogens with one attached hydrogen (secondary N) is 2. The molecule has 0 bridgehead atoms. The van der Waals surface area contributed by atoms with Gasteiger partial charge in [0.15, 0.2) is 0 Å². The monoisotopic (exact) mass is 690 g/mol. The first-order chi connectivity index (χ1) is 26.7. The van der Waals surface area contributed by atoms with Gasteiger partial charge < -0.3 is 10.6 Å². The van der Waals surface area contributed by atoms with Crippen molar-refractivity contribution in [1.82, 2.24) is 0 Å². The molecule has 0 heterocycles. The van der Waals surface area contributed by atoms with Crippen LogP contribution in [0.25, 0.3) is 66.4 Å². The average molecular weight is 691 g/mol. The summed E-state index contributed by atoms with van der Waals surface area (Å²) in [6, 6.07) is 77.8. The normalized spacial score (nSPS) is 11.0. The minimum absolute atomic E-state index is 1.05. The highest BCUT2D eigenvalue weighted by Crippen LogP contribution is 2.36. The lowest BCUT2D eigenvalue weighted by Crippen LogP contribution is -1.92. The lowest BCUT2D eigenvalue weighted by molar-refractivity contribution is 1.53. The predicted molar refractivity (Wildman–Crippen MR) is 231 cm³/mol. The van der Waals surface area contributed by atoms with Crippen LogP contribution in [0.2, 0.25) is 0 Å². The number of para-hydroxylation sites is 1. The third kappa shape index (κ3) is 7.14. The Morgan fingerprint density at radius 1 is 0.204 bits per heavy atom. The highest BCUT2D eigenvalue weighted by atomic mass is 14.9. The molecule has 0 aromatic heterocycles. The van der Waals surface area contributed by atoms with Crippen molar-refractivity contribution in [2.45, 2.75) is 0 Å². The third-order valence-corrected chi connectivity index (χ3v) is 10.0. The summed E-state index contributed by atoms with van der Waals surface area (Å²) >= 11 is 0. The Labute approximate surface area is 317 Å². The number of rotatable bonds is 9. The minimum Gasteiger partial charge on any atom is -0.356 e. The fourth-order valence-electron chi connectivity index (χ4n) is 7.19. The second-order valence-electron chi connectivity index (χ2n) is 13.6. The van der Waals surface area contributed by atoms with E-state index in [0.717, 1.165) is 22.7 Å². The second-order valence-corrected chi connectivity index (χ2v) is 13.6. The molecule has 0 unspecified atom stereocenters. The number of fused-ring (bicyclic) bond motifs is 1. The zero-order valence-corrected chi connectivity index (χ0v) is 29.8. The highest BCUT2D eigenvalue weighted by molar-refractivity contribution is 5.89. The fraction of sp³-hybridized carbons (Fsp3) is 0. The quantitative estimate of drug-likeness (QED) is 0.158. The van der Waals surface area contributed by atoms with Gasteiger partial charge in [-0.2, -0.15) is 0 Å². The lowest BCUT2D eigenvalue weighted by Gasteiger charge is -2.14. The maximum absolute atomic E-state index is 3.64. The Morgan fingerprint density at radius 3 is 1.26 bits per heavy atom. The highest BCUT2D eigenvalue weighted by Gasteiger charge is 2.10. The van der Waals surface area contributed by atoms with Crippen LogP contribution in [0.5, 0.6) is 0 Å². The van der Waals surface area contributed by atoms with E-state index in [1.54, 1.807) is 0 Å². The van der Waals surface area contributed by atoms with E-state index in [1.165, 1.54) is 66.4 Å². The molecule has 0 atom stereocenters. The number of hydrogen-bond acceptors (Lipinski definition) is 2. The molecule has 0 radical (unpaired) electrons. The lowest BCUT2D eigenvalue weighted by atomic mass is 9.92. The van der Waals surface area contributed by atoms with Crippen LogP contribution in [0.4, 0.5) is 22.7 Å². The molecule has 9 aromatic carbocycles. The van der Waals surface area contributed by atoms with Gasteiger partial charge in [0, 0.05) is 22.7 Å². The molecule has 2 heteroatoms. The van der Waals surface area contributed by atoms with E-state index >= 15 is 0 Å². The molecule has 2 N–H and O–H groups in total. The Morgan fingerprint density at radius 2 is 0.611 bits per heavy atom. The van der Waals surface area contributed by atoms with Gasteiger partial charge in [0.1, 0.15) is 0 Å². The molecular weight excluding hydrogens is 653 g/mol. The maximum Gasteiger partial charge on any atom is 0.0390 e. The minimum atomic E-state index is 1.05. The molecule has 0 amide bonds. The standard InChI is InChI=1S/C52H38N2/c1-2-15-47(16-3-1)53-48-30-26-39(27-31-48)38-20-22-40(23-21-38)43-12-8-13-45(35-43)51-18-6-7-19-52(51)46-14-9-17-50(36-46)54-49-32-28-41(29-33-49)44-25-24-37-10-4-5-11-42(37)34-44/h1-36,53-54H. The zero-order chi connectivity index (χ0) is 36.1. The van der Waals surface area contributed by atoms with Gasteiger partial charge in [0.2, 0.25) is 0 Å². The first kappa shape index (κ1) is 32.7. The van der Waals surface area contributed by atoms with Gasteiger partial charge in [-0.3, -0.25) is 0 Å². The van der Waals surface area contributed by atoms with Gasteiger partial charge in [-0.25, -0.2) is 0 Å². The van der Waals surface area contributed by atoms with Gasteiger partial charge in [0.05, 0.1) is 0 Å². The van der Waals surface area contributed by atoms with Crippen molar-refractivity contribution in [2.75, 3.05) is 10.6 Å². The summed E-state index contributed by atoms with van der Waals surface area (Å²) in [6.07, 6.45) is 0. The third-order valence-electron chi connectivity index (χ3n) is 10.0. The fourth-order valence-corrected chi connectivity index (χ4v) is 7.19. The van der Waals surface area contributed by atoms with Crippen molar-refractivity contribution in [3.63, 3.8) is 0 Å². The molecule has 0 saturated carbocycles. The van der Waals surface area contributed by atoms with Crippen LogP contribution in [-0.4, -0.2) is 0 Å². The van der Waals surface area contributed by atoms with Crippen LogP contribution in [0.15, 0.2) is 218 Å². The molecule has 0 spiro atoms.